The molecule has 0 saturated carbocycles. The zero-order valence-electron chi connectivity index (χ0n) is 17.4. The molecular formula is C25H23N3O4. The van der Waals surface area contributed by atoms with Gasteiger partial charge in [0.15, 0.2) is 0 Å². The summed E-state index contributed by atoms with van der Waals surface area (Å²) in [6.07, 6.45) is 2.97. The van der Waals surface area contributed by atoms with Gasteiger partial charge >= 0.3 is 0 Å². The number of fused-ring (bicyclic) bond motifs is 2. The smallest absolute Gasteiger partial charge is 0.267 e. The summed E-state index contributed by atoms with van der Waals surface area (Å²) in [5, 5.41) is 0. The van der Waals surface area contributed by atoms with Crippen molar-refractivity contribution in [3.05, 3.63) is 83.7 Å². The molecule has 2 aliphatic rings. The van der Waals surface area contributed by atoms with Crippen molar-refractivity contribution in [3.8, 4) is 17.2 Å². The molecule has 0 aliphatic carbocycles. The highest BCUT2D eigenvalue weighted by Crippen LogP contribution is 2.44. The number of carbonyl (C=O) groups excluding carboxylic acids is 2. The van der Waals surface area contributed by atoms with Crippen LogP contribution < -0.4 is 15.2 Å². The molecule has 1 atom stereocenters. The summed E-state index contributed by atoms with van der Waals surface area (Å²) in [6, 6.07) is 18.6. The van der Waals surface area contributed by atoms with Gasteiger partial charge in [-0.25, -0.2) is 0 Å². The summed E-state index contributed by atoms with van der Waals surface area (Å²) in [4.78, 5) is 31.0. The van der Waals surface area contributed by atoms with Gasteiger partial charge < -0.3 is 20.1 Å². The maximum atomic E-state index is 13.8. The van der Waals surface area contributed by atoms with E-state index in [0.29, 0.717) is 30.3 Å². The molecule has 32 heavy (non-hydrogen) atoms. The van der Waals surface area contributed by atoms with Gasteiger partial charge in [-0.2, -0.15) is 0 Å². The molecule has 3 aromatic rings. The highest BCUT2D eigenvalue weighted by atomic mass is 16.5. The second-order valence-electron chi connectivity index (χ2n) is 8.02. The number of para-hydroxylation sites is 2. The molecule has 7 nitrogen and oxygen atoms in total. The molecule has 0 bridgehead atoms. The summed E-state index contributed by atoms with van der Waals surface area (Å²) in [6.45, 7) is 1.14. The average Bonchev–Trinajstić information content (AvgIpc) is 2.82. The Bertz CT molecular complexity index is 1130. The van der Waals surface area contributed by atoms with Gasteiger partial charge in [0.2, 0.25) is 5.91 Å². The lowest BCUT2D eigenvalue weighted by atomic mass is 9.86. The molecular weight excluding hydrogens is 406 g/mol. The van der Waals surface area contributed by atoms with Crippen LogP contribution in [0, 0.1) is 0 Å². The van der Waals surface area contributed by atoms with Gasteiger partial charge in [0.25, 0.3) is 5.91 Å². The Labute approximate surface area is 185 Å². The number of hydrogen-bond acceptors (Lipinski definition) is 5. The first-order valence-electron chi connectivity index (χ1n) is 10.7. The molecule has 7 heteroatoms. The molecule has 1 fully saturated rings. The van der Waals surface area contributed by atoms with Crippen LogP contribution in [0.4, 0.5) is 0 Å². The number of amides is 2. The van der Waals surface area contributed by atoms with E-state index in [0.717, 1.165) is 24.0 Å². The maximum absolute atomic E-state index is 13.8. The van der Waals surface area contributed by atoms with Crippen LogP contribution in [0.1, 0.15) is 40.4 Å². The predicted molar refractivity (Wildman–Crippen MR) is 118 cm³/mol. The number of ether oxygens (including phenoxy) is 2. The standard InChI is InChI=1S/C25H23N3O4/c26-24(29)20-14-16(11-12-27-20)31-17-6-5-13-28(15-17)25(30)23-18-7-1-3-9-21(18)32-22-10-4-2-8-19(22)23/h1-4,7-12,14,17,23H,5-6,13,15H2,(H2,26,29). The Balaban J connectivity index is 1.38. The fraction of sp³-hybridized carbons (Fsp3) is 0.240. The van der Waals surface area contributed by atoms with E-state index >= 15 is 0 Å². The van der Waals surface area contributed by atoms with E-state index in [2.05, 4.69) is 4.98 Å². The largest absolute Gasteiger partial charge is 0.488 e. The first-order chi connectivity index (χ1) is 15.6. The van der Waals surface area contributed by atoms with E-state index in [4.69, 9.17) is 15.2 Å². The van der Waals surface area contributed by atoms with Crippen molar-refractivity contribution >= 4 is 11.8 Å². The first-order valence-corrected chi connectivity index (χ1v) is 10.7. The van der Waals surface area contributed by atoms with E-state index in [1.54, 1.807) is 6.07 Å². The second-order valence-corrected chi connectivity index (χ2v) is 8.02. The lowest BCUT2D eigenvalue weighted by molar-refractivity contribution is -0.134. The molecule has 3 heterocycles. The number of nitrogens with zero attached hydrogens (tertiary/aromatic N) is 2. The van der Waals surface area contributed by atoms with E-state index in [1.807, 2.05) is 53.4 Å². The van der Waals surface area contributed by atoms with Crippen LogP contribution in [-0.2, 0) is 4.79 Å². The number of aromatic nitrogens is 1. The third-order valence-corrected chi connectivity index (χ3v) is 5.90. The minimum absolute atomic E-state index is 0.0362. The van der Waals surface area contributed by atoms with Gasteiger partial charge in [0.1, 0.15) is 29.0 Å². The van der Waals surface area contributed by atoms with Crippen molar-refractivity contribution in [1.29, 1.82) is 0 Å². The first kappa shape index (κ1) is 20.1. The van der Waals surface area contributed by atoms with Crippen LogP contribution in [-0.4, -0.2) is 40.9 Å². The minimum atomic E-state index is -0.604. The summed E-state index contributed by atoms with van der Waals surface area (Å²) in [5.41, 5.74) is 7.22. The molecule has 1 aromatic heterocycles. The Hall–Kier alpha value is -3.87. The zero-order chi connectivity index (χ0) is 22.1. The van der Waals surface area contributed by atoms with Gasteiger partial charge in [-0.15, -0.1) is 0 Å². The van der Waals surface area contributed by atoms with Crippen molar-refractivity contribution in [3.63, 3.8) is 0 Å². The number of primary amides is 1. The fourth-order valence-electron chi connectivity index (χ4n) is 4.40. The fourth-order valence-corrected chi connectivity index (χ4v) is 4.40. The molecule has 1 unspecified atom stereocenters. The predicted octanol–water partition coefficient (Wildman–Crippen LogP) is 3.49. The van der Waals surface area contributed by atoms with Crippen molar-refractivity contribution in [2.45, 2.75) is 24.9 Å². The van der Waals surface area contributed by atoms with Crippen LogP contribution in [0.5, 0.6) is 17.2 Å². The molecule has 1 saturated heterocycles. The quantitative estimate of drug-likeness (QED) is 0.685. The van der Waals surface area contributed by atoms with Crippen molar-refractivity contribution in [1.82, 2.24) is 9.88 Å². The lowest BCUT2D eigenvalue weighted by Crippen LogP contribution is -2.46. The summed E-state index contributed by atoms with van der Waals surface area (Å²) in [7, 11) is 0. The Morgan fingerprint density at radius 2 is 1.72 bits per heavy atom. The Morgan fingerprint density at radius 1 is 1.03 bits per heavy atom. The van der Waals surface area contributed by atoms with Gasteiger partial charge in [-0.05, 0) is 31.0 Å². The zero-order valence-corrected chi connectivity index (χ0v) is 17.4. The van der Waals surface area contributed by atoms with E-state index in [9.17, 15) is 9.59 Å². The molecule has 0 radical (unpaired) electrons. The number of rotatable bonds is 4. The van der Waals surface area contributed by atoms with E-state index in [-0.39, 0.29) is 17.7 Å². The SMILES string of the molecule is NC(=O)c1cc(OC2CCCN(C(=O)C3c4ccccc4Oc4ccccc43)C2)ccn1. The number of pyridine rings is 1. The molecule has 2 aliphatic heterocycles. The molecule has 0 spiro atoms. The summed E-state index contributed by atoms with van der Waals surface area (Å²) >= 11 is 0. The normalized spacial score (nSPS) is 17.6. The minimum Gasteiger partial charge on any atom is -0.488 e. The number of hydrogen-bond donors (Lipinski definition) is 1. The second kappa shape index (κ2) is 8.34. The van der Waals surface area contributed by atoms with Crippen LogP contribution in [0.3, 0.4) is 0 Å². The van der Waals surface area contributed by atoms with Crippen LogP contribution in [0.15, 0.2) is 66.9 Å². The highest BCUT2D eigenvalue weighted by molar-refractivity contribution is 5.91. The Morgan fingerprint density at radius 3 is 2.41 bits per heavy atom. The monoisotopic (exact) mass is 429 g/mol. The van der Waals surface area contributed by atoms with Crippen molar-refractivity contribution in [2.75, 3.05) is 13.1 Å². The van der Waals surface area contributed by atoms with Crippen LogP contribution in [0.2, 0.25) is 0 Å². The molecule has 2 N–H and O–H groups in total. The maximum Gasteiger partial charge on any atom is 0.267 e. The van der Waals surface area contributed by atoms with Crippen LogP contribution >= 0.6 is 0 Å². The van der Waals surface area contributed by atoms with Crippen molar-refractivity contribution < 1.29 is 19.1 Å². The molecule has 162 valence electrons. The number of likely N-dealkylation sites (tertiary alicyclic amines) is 1. The lowest BCUT2D eigenvalue weighted by Gasteiger charge is -2.36. The van der Waals surface area contributed by atoms with Gasteiger partial charge in [-0.1, -0.05) is 36.4 Å². The average molecular weight is 429 g/mol. The number of piperidine rings is 1. The van der Waals surface area contributed by atoms with Gasteiger partial charge in [0.05, 0.1) is 12.5 Å². The number of benzene rings is 2. The third-order valence-electron chi connectivity index (χ3n) is 5.90. The van der Waals surface area contributed by atoms with Gasteiger partial charge in [0, 0.05) is 29.9 Å². The van der Waals surface area contributed by atoms with E-state index < -0.39 is 11.8 Å². The molecule has 5 rings (SSSR count). The summed E-state index contributed by atoms with van der Waals surface area (Å²) in [5.74, 6) is 0.962. The van der Waals surface area contributed by atoms with Crippen molar-refractivity contribution in [2.24, 2.45) is 5.73 Å². The Kier molecular flexibility index (Phi) is 5.23. The number of nitrogens with two attached hydrogens (primary N) is 1. The van der Waals surface area contributed by atoms with Crippen LogP contribution in [0.25, 0.3) is 0 Å². The third kappa shape index (κ3) is 3.77. The summed E-state index contributed by atoms with van der Waals surface area (Å²) < 4.78 is 12.1. The number of carbonyl (C=O) groups is 2. The van der Waals surface area contributed by atoms with E-state index in [1.165, 1.54) is 12.3 Å². The van der Waals surface area contributed by atoms with Gasteiger partial charge in [-0.3, -0.25) is 14.6 Å². The highest BCUT2D eigenvalue weighted by Gasteiger charge is 2.37. The molecule has 2 amide bonds. The molecule has 2 aromatic carbocycles. The topological polar surface area (TPSA) is 94.8 Å².